The first-order valence-corrected chi connectivity index (χ1v) is 7.91. The van der Waals surface area contributed by atoms with Crippen molar-refractivity contribution in [1.82, 2.24) is 0 Å². The highest BCUT2D eigenvalue weighted by Gasteiger charge is 2.33. The monoisotopic (exact) mass is 258 g/mol. The van der Waals surface area contributed by atoms with E-state index >= 15 is 0 Å². The second kappa shape index (κ2) is 7.72. The number of hydrogen-bond donors (Lipinski definition) is 0. The number of halogens is 1. The van der Waals surface area contributed by atoms with Crippen molar-refractivity contribution in [3.05, 3.63) is 0 Å². The molecule has 0 aromatic heterocycles. The fourth-order valence-corrected chi connectivity index (χ4v) is 3.18. The molecule has 0 heterocycles. The van der Waals surface area contributed by atoms with E-state index in [1.165, 1.54) is 19.3 Å². The first-order valence-electron chi connectivity index (χ1n) is 7.37. The van der Waals surface area contributed by atoms with Gasteiger partial charge in [0.05, 0.1) is 0 Å². The lowest BCUT2D eigenvalue weighted by Crippen LogP contribution is -2.31. The van der Waals surface area contributed by atoms with Gasteiger partial charge in [0, 0.05) is 5.88 Å². The molecular weight excluding hydrogens is 226 g/mol. The van der Waals surface area contributed by atoms with Crippen LogP contribution in [0.15, 0.2) is 0 Å². The van der Waals surface area contributed by atoms with Crippen molar-refractivity contribution in [1.29, 1.82) is 0 Å². The number of hydrogen-bond acceptors (Lipinski definition) is 0. The summed E-state index contributed by atoms with van der Waals surface area (Å²) in [5.74, 6) is 3.92. The van der Waals surface area contributed by atoms with Crippen molar-refractivity contribution in [3.63, 3.8) is 0 Å². The van der Waals surface area contributed by atoms with Gasteiger partial charge in [-0.05, 0) is 29.6 Å². The van der Waals surface area contributed by atoms with E-state index in [2.05, 4.69) is 49.4 Å². The SMILES string of the molecule is BC(C(C)C(CC)CCCl)C(C)C(C)(C)CC. The Morgan fingerprint density at radius 2 is 1.71 bits per heavy atom. The van der Waals surface area contributed by atoms with Gasteiger partial charge in [-0.25, -0.2) is 0 Å². The summed E-state index contributed by atoms with van der Waals surface area (Å²) in [5, 5.41) is 0. The van der Waals surface area contributed by atoms with Gasteiger partial charge in [-0.1, -0.05) is 60.2 Å². The van der Waals surface area contributed by atoms with Crippen LogP contribution < -0.4 is 0 Å². The summed E-state index contributed by atoms with van der Waals surface area (Å²) in [5.41, 5.74) is 0.451. The Morgan fingerprint density at radius 1 is 1.18 bits per heavy atom. The smallest absolute Gasteiger partial charge is 0.106 e. The first-order chi connectivity index (χ1) is 7.81. The predicted molar refractivity (Wildman–Crippen MR) is 83.8 cm³/mol. The van der Waals surface area contributed by atoms with Crippen molar-refractivity contribution in [3.8, 4) is 0 Å². The second-order valence-corrected chi connectivity index (χ2v) is 6.87. The average molecular weight is 259 g/mol. The molecule has 0 spiro atoms. The number of rotatable bonds is 8. The van der Waals surface area contributed by atoms with Crippen LogP contribution in [0.5, 0.6) is 0 Å². The lowest BCUT2D eigenvalue weighted by atomic mass is 9.58. The quantitative estimate of drug-likeness (QED) is 0.434. The van der Waals surface area contributed by atoms with Crippen LogP contribution in [-0.2, 0) is 0 Å². The third-order valence-electron chi connectivity index (χ3n) is 5.51. The van der Waals surface area contributed by atoms with E-state index in [4.69, 9.17) is 11.6 Å². The van der Waals surface area contributed by atoms with E-state index in [1.54, 1.807) is 0 Å². The Kier molecular flexibility index (Phi) is 7.88. The Bertz CT molecular complexity index is 203. The molecule has 0 amide bonds. The van der Waals surface area contributed by atoms with Gasteiger partial charge in [0.2, 0.25) is 0 Å². The first kappa shape index (κ1) is 17.4. The van der Waals surface area contributed by atoms with Gasteiger partial charge in [-0.15, -0.1) is 11.6 Å². The van der Waals surface area contributed by atoms with E-state index in [-0.39, 0.29) is 0 Å². The molecule has 4 unspecified atom stereocenters. The highest BCUT2D eigenvalue weighted by molar-refractivity contribution is 6.17. The van der Waals surface area contributed by atoms with Crippen LogP contribution in [0.3, 0.4) is 0 Å². The minimum absolute atomic E-state index is 0.451. The van der Waals surface area contributed by atoms with Crippen LogP contribution in [0.4, 0.5) is 0 Å². The molecule has 0 nitrogen and oxygen atoms in total. The Hall–Kier alpha value is 0.355. The lowest BCUT2D eigenvalue weighted by molar-refractivity contribution is 0.164. The van der Waals surface area contributed by atoms with Gasteiger partial charge in [0.1, 0.15) is 7.85 Å². The van der Waals surface area contributed by atoms with Gasteiger partial charge < -0.3 is 0 Å². The maximum Gasteiger partial charge on any atom is 0.106 e. The molecule has 0 aromatic carbocycles. The highest BCUT2D eigenvalue weighted by atomic mass is 35.5. The van der Waals surface area contributed by atoms with Crippen LogP contribution in [0.2, 0.25) is 5.82 Å². The van der Waals surface area contributed by atoms with Crippen LogP contribution in [0.1, 0.15) is 60.8 Å². The van der Waals surface area contributed by atoms with Crippen molar-refractivity contribution >= 4 is 19.4 Å². The fourth-order valence-electron chi connectivity index (χ4n) is 2.90. The summed E-state index contributed by atoms with van der Waals surface area (Å²) in [6.07, 6.45) is 3.69. The molecule has 0 N–H and O–H groups in total. The minimum atomic E-state index is 0.451. The highest BCUT2D eigenvalue weighted by Crippen LogP contribution is 2.43. The fraction of sp³-hybridized carbons (Fsp3) is 1.00. The molecule has 0 aliphatic rings. The largest absolute Gasteiger partial charge is 0.127 e. The summed E-state index contributed by atoms with van der Waals surface area (Å²) < 4.78 is 0. The molecule has 2 heteroatoms. The van der Waals surface area contributed by atoms with E-state index in [1.807, 2.05) is 0 Å². The van der Waals surface area contributed by atoms with Crippen molar-refractivity contribution in [2.45, 2.75) is 66.6 Å². The van der Waals surface area contributed by atoms with Crippen LogP contribution in [0.25, 0.3) is 0 Å². The van der Waals surface area contributed by atoms with Crippen LogP contribution in [-0.4, -0.2) is 13.7 Å². The summed E-state index contributed by atoms with van der Waals surface area (Å²) in [7, 11) is 2.43. The Morgan fingerprint density at radius 3 is 2.06 bits per heavy atom. The van der Waals surface area contributed by atoms with Crippen LogP contribution >= 0.6 is 11.6 Å². The molecule has 102 valence electrons. The molecule has 0 saturated heterocycles. The zero-order valence-electron chi connectivity index (χ0n) is 13.0. The zero-order valence-corrected chi connectivity index (χ0v) is 13.8. The zero-order chi connectivity index (χ0) is 13.6. The van der Waals surface area contributed by atoms with Gasteiger partial charge in [0.15, 0.2) is 0 Å². The molecule has 0 bridgehead atoms. The van der Waals surface area contributed by atoms with Gasteiger partial charge in [0.25, 0.3) is 0 Å². The Labute approximate surface area is 115 Å². The minimum Gasteiger partial charge on any atom is -0.127 e. The molecule has 0 rings (SSSR count). The molecule has 0 saturated carbocycles. The van der Waals surface area contributed by atoms with Gasteiger partial charge in [-0.3, -0.25) is 0 Å². The standard InChI is InChI=1S/C15H32BCl/c1-7-13(9-10-17)11(3)14(16)12(4)15(5,6)8-2/h11-14H,7-10,16H2,1-6H3. The summed E-state index contributed by atoms with van der Waals surface area (Å²) in [6.45, 7) is 14.3. The summed E-state index contributed by atoms with van der Waals surface area (Å²) in [4.78, 5) is 0. The lowest BCUT2D eigenvalue weighted by Gasteiger charge is -2.40. The molecular formula is C15H32BCl. The third-order valence-corrected chi connectivity index (χ3v) is 5.73. The van der Waals surface area contributed by atoms with Crippen molar-refractivity contribution < 1.29 is 0 Å². The topological polar surface area (TPSA) is 0 Å². The summed E-state index contributed by atoms with van der Waals surface area (Å²) >= 11 is 5.92. The van der Waals surface area contributed by atoms with E-state index < -0.39 is 0 Å². The molecule has 0 radical (unpaired) electrons. The molecule has 0 fully saturated rings. The molecule has 4 atom stereocenters. The normalized spacial score (nSPS) is 19.7. The van der Waals surface area contributed by atoms with Gasteiger partial charge >= 0.3 is 0 Å². The number of alkyl halides is 1. The second-order valence-electron chi connectivity index (χ2n) is 6.50. The van der Waals surface area contributed by atoms with E-state index in [9.17, 15) is 0 Å². The molecule has 17 heavy (non-hydrogen) atoms. The van der Waals surface area contributed by atoms with E-state index in [0.717, 1.165) is 29.5 Å². The van der Waals surface area contributed by atoms with E-state index in [0.29, 0.717) is 5.41 Å². The molecule has 0 aliphatic carbocycles. The maximum absolute atomic E-state index is 5.92. The summed E-state index contributed by atoms with van der Waals surface area (Å²) in [6, 6.07) is 0. The third kappa shape index (κ3) is 4.85. The van der Waals surface area contributed by atoms with Crippen LogP contribution in [0, 0.1) is 23.2 Å². The van der Waals surface area contributed by atoms with Crippen molar-refractivity contribution in [2.24, 2.45) is 23.2 Å². The maximum atomic E-state index is 5.92. The molecule has 0 aromatic rings. The predicted octanol–water partition coefficient (Wildman–Crippen LogP) is 4.77. The van der Waals surface area contributed by atoms with Gasteiger partial charge in [-0.2, -0.15) is 0 Å². The Balaban J connectivity index is 4.61. The molecule has 0 aliphatic heterocycles. The average Bonchev–Trinajstić information content (AvgIpc) is 2.33. The van der Waals surface area contributed by atoms with Crippen molar-refractivity contribution in [2.75, 3.05) is 5.88 Å².